The van der Waals surface area contributed by atoms with E-state index < -0.39 is 0 Å². The van der Waals surface area contributed by atoms with E-state index in [0.717, 1.165) is 16.8 Å². The Morgan fingerprint density at radius 2 is 1.68 bits per heavy atom. The number of hydrogen-bond acceptors (Lipinski definition) is 3. The highest BCUT2D eigenvalue weighted by Crippen LogP contribution is 2.32. The summed E-state index contributed by atoms with van der Waals surface area (Å²) in [7, 11) is 0. The maximum absolute atomic E-state index is 9.36. The van der Waals surface area contributed by atoms with Gasteiger partial charge in [0.15, 0.2) is 0 Å². The summed E-state index contributed by atoms with van der Waals surface area (Å²) in [5, 5.41) is 9.36. The Kier molecular flexibility index (Phi) is 2.70. The molecule has 0 saturated carbocycles. The third kappa shape index (κ3) is 1.84. The van der Waals surface area contributed by atoms with Crippen LogP contribution in [0.5, 0.6) is 0 Å². The second-order valence-corrected chi connectivity index (χ2v) is 4.45. The molecular formula is C16H13N3. The van der Waals surface area contributed by atoms with E-state index in [-0.39, 0.29) is 0 Å². The van der Waals surface area contributed by atoms with Gasteiger partial charge in [-0.3, -0.25) is 0 Å². The molecule has 2 aromatic rings. The lowest BCUT2D eigenvalue weighted by Gasteiger charge is -2.31. The number of allylic oxidation sites excluding steroid dienone is 1. The van der Waals surface area contributed by atoms with Crippen LogP contribution in [0.25, 0.3) is 5.57 Å². The van der Waals surface area contributed by atoms with Crippen LogP contribution in [0.3, 0.4) is 0 Å². The molecule has 0 aliphatic carbocycles. The molecule has 0 unspecified atom stereocenters. The van der Waals surface area contributed by atoms with E-state index >= 15 is 0 Å². The molecule has 1 aliphatic heterocycles. The minimum atomic E-state index is 0.521. The summed E-state index contributed by atoms with van der Waals surface area (Å²) in [5.74, 6) is 0.521. The Morgan fingerprint density at radius 1 is 1.00 bits per heavy atom. The molecular weight excluding hydrogens is 234 g/mol. The third-order valence-corrected chi connectivity index (χ3v) is 3.34. The third-order valence-electron chi connectivity index (χ3n) is 3.34. The highest BCUT2D eigenvalue weighted by Gasteiger charge is 2.23. The van der Waals surface area contributed by atoms with Gasteiger partial charge in [-0.15, -0.1) is 0 Å². The molecule has 0 aromatic heterocycles. The van der Waals surface area contributed by atoms with Gasteiger partial charge in [0, 0.05) is 11.3 Å². The standard InChI is InChI=1S/C16H13N3/c17-10-15-14-9-5-4-6-12(14)11-19(16(15)18)13-7-2-1-3-8-13/h1-9H,11,18H2. The zero-order chi connectivity index (χ0) is 13.2. The van der Waals surface area contributed by atoms with Gasteiger partial charge in [0.05, 0.1) is 12.1 Å². The minimum absolute atomic E-state index is 0.521. The van der Waals surface area contributed by atoms with Crippen LogP contribution in [-0.2, 0) is 6.54 Å². The molecule has 92 valence electrons. The molecule has 0 amide bonds. The summed E-state index contributed by atoms with van der Waals surface area (Å²) in [6.45, 7) is 0.692. The number of nitriles is 1. The molecule has 3 heteroatoms. The van der Waals surface area contributed by atoms with Crippen LogP contribution in [0.2, 0.25) is 0 Å². The minimum Gasteiger partial charge on any atom is -0.384 e. The van der Waals surface area contributed by atoms with E-state index in [0.29, 0.717) is 17.9 Å². The van der Waals surface area contributed by atoms with Crippen molar-refractivity contribution in [2.75, 3.05) is 4.90 Å². The van der Waals surface area contributed by atoms with Crippen LogP contribution < -0.4 is 10.6 Å². The Labute approximate surface area is 112 Å². The highest BCUT2D eigenvalue weighted by molar-refractivity contribution is 5.85. The van der Waals surface area contributed by atoms with E-state index in [1.807, 2.05) is 59.5 Å². The van der Waals surface area contributed by atoms with Crippen molar-refractivity contribution >= 4 is 11.3 Å². The first-order chi connectivity index (χ1) is 9.31. The van der Waals surface area contributed by atoms with E-state index in [2.05, 4.69) is 6.07 Å². The molecule has 2 N–H and O–H groups in total. The van der Waals surface area contributed by atoms with Crippen LogP contribution in [0.15, 0.2) is 60.4 Å². The molecule has 0 radical (unpaired) electrons. The second kappa shape index (κ2) is 4.51. The number of rotatable bonds is 1. The van der Waals surface area contributed by atoms with Crippen LogP contribution in [0, 0.1) is 11.3 Å². The van der Waals surface area contributed by atoms with Gasteiger partial charge in [0.1, 0.15) is 11.9 Å². The monoisotopic (exact) mass is 247 g/mol. The van der Waals surface area contributed by atoms with Gasteiger partial charge in [-0.05, 0) is 17.7 Å². The number of para-hydroxylation sites is 1. The number of benzene rings is 2. The average molecular weight is 247 g/mol. The van der Waals surface area contributed by atoms with Gasteiger partial charge >= 0.3 is 0 Å². The molecule has 0 bridgehead atoms. The lowest BCUT2D eigenvalue weighted by molar-refractivity contribution is 0.882. The van der Waals surface area contributed by atoms with Crippen molar-refractivity contribution in [3.8, 4) is 6.07 Å². The molecule has 2 aromatic carbocycles. The van der Waals surface area contributed by atoms with E-state index in [9.17, 15) is 5.26 Å². The average Bonchev–Trinajstić information content (AvgIpc) is 2.47. The van der Waals surface area contributed by atoms with Crippen molar-refractivity contribution in [2.24, 2.45) is 5.73 Å². The highest BCUT2D eigenvalue weighted by atomic mass is 15.2. The van der Waals surface area contributed by atoms with Crippen molar-refractivity contribution in [1.29, 1.82) is 5.26 Å². The lowest BCUT2D eigenvalue weighted by atomic mass is 9.96. The van der Waals surface area contributed by atoms with Gasteiger partial charge in [-0.1, -0.05) is 42.5 Å². The lowest BCUT2D eigenvalue weighted by Crippen LogP contribution is -2.31. The fourth-order valence-electron chi connectivity index (χ4n) is 2.39. The zero-order valence-corrected chi connectivity index (χ0v) is 10.4. The molecule has 0 fully saturated rings. The number of hydrogen-bond donors (Lipinski definition) is 1. The van der Waals surface area contributed by atoms with Crippen molar-refractivity contribution < 1.29 is 0 Å². The Hall–Kier alpha value is -2.73. The maximum Gasteiger partial charge on any atom is 0.122 e. The first-order valence-corrected chi connectivity index (χ1v) is 6.12. The zero-order valence-electron chi connectivity index (χ0n) is 10.4. The van der Waals surface area contributed by atoms with Gasteiger partial charge in [-0.25, -0.2) is 0 Å². The quantitative estimate of drug-likeness (QED) is 0.843. The number of nitrogens with two attached hydrogens (primary N) is 1. The predicted octanol–water partition coefficient (Wildman–Crippen LogP) is 2.86. The number of nitrogens with zero attached hydrogens (tertiary/aromatic N) is 2. The summed E-state index contributed by atoms with van der Waals surface area (Å²) in [5.41, 5.74) is 9.77. The molecule has 1 heterocycles. The van der Waals surface area contributed by atoms with Gasteiger partial charge in [0.25, 0.3) is 0 Å². The molecule has 19 heavy (non-hydrogen) atoms. The van der Waals surface area contributed by atoms with Crippen LogP contribution in [-0.4, -0.2) is 0 Å². The van der Waals surface area contributed by atoms with E-state index in [4.69, 9.17) is 5.73 Å². The summed E-state index contributed by atoms with van der Waals surface area (Å²) in [4.78, 5) is 1.97. The molecule has 3 rings (SSSR count). The summed E-state index contributed by atoms with van der Waals surface area (Å²) in [6.07, 6.45) is 0. The Morgan fingerprint density at radius 3 is 2.42 bits per heavy atom. The largest absolute Gasteiger partial charge is 0.384 e. The Balaban J connectivity index is 2.15. The summed E-state index contributed by atoms with van der Waals surface area (Å²) >= 11 is 0. The SMILES string of the molecule is N#CC1=C(N)N(c2ccccc2)Cc2ccccc21. The maximum atomic E-state index is 9.36. The fraction of sp³-hybridized carbons (Fsp3) is 0.0625. The van der Waals surface area contributed by atoms with Crippen LogP contribution >= 0.6 is 0 Å². The summed E-state index contributed by atoms with van der Waals surface area (Å²) < 4.78 is 0. The topological polar surface area (TPSA) is 53.1 Å². The smallest absolute Gasteiger partial charge is 0.122 e. The first kappa shape index (κ1) is 11.4. The van der Waals surface area contributed by atoms with E-state index in [1.54, 1.807) is 0 Å². The van der Waals surface area contributed by atoms with Crippen molar-refractivity contribution in [2.45, 2.75) is 6.54 Å². The second-order valence-electron chi connectivity index (χ2n) is 4.45. The van der Waals surface area contributed by atoms with Crippen molar-refractivity contribution in [3.05, 3.63) is 71.5 Å². The first-order valence-electron chi connectivity index (χ1n) is 6.12. The number of fused-ring (bicyclic) bond motifs is 1. The van der Waals surface area contributed by atoms with Crippen molar-refractivity contribution in [1.82, 2.24) is 0 Å². The Bertz CT molecular complexity index is 681. The van der Waals surface area contributed by atoms with Crippen LogP contribution in [0.4, 0.5) is 5.69 Å². The van der Waals surface area contributed by atoms with Crippen LogP contribution in [0.1, 0.15) is 11.1 Å². The normalized spacial score (nSPS) is 13.9. The molecule has 3 nitrogen and oxygen atoms in total. The molecule has 1 aliphatic rings. The van der Waals surface area contributed by atoms with Gasteiger partial charge in [-0.2, -0.15) is 5.26 Å². The predicted molar refractivity (Wildman–Crippen MR) is 75.8 cm³/mol. The van der Waals surface area contributed by atoms with Crippen molar-refractivity contribution in [3.63, 3.8) is 0 Å². The summed E-state index contributed by atoms with van der Waals surface area (Å²) in [6, 6.07) is 20.0. The van der Waals surface area contributed by atoms with E-state index in [1.165, 1.54) is 0 Å². The molecule has 0 atom stereocenters. The molecule has 0 spiro atoms. The van der Waals surface area contributed by atoms with Gasteiger partial charge < -0.3 is 10.6 Å². The number of anilines is 1. The fourth-order valence-corrected chi connectivity index (χ4v) is 2.39. The molecule has 0 saturated heterocycles. The van der Waals surface area contributed by atoms with Gasteiger partial charge in [0.2, 0.25) is 0 Å².